The van der Waals surface area contributed by atoms with Gasteiger partial charge in [0.15, 0.2) is 0 Å². The second kappa shape index (κ2) is 7.44. The Labute approximate surface area is 122 Å². The molecule has 0 bridgehead atoms. The molecule has 1 fully saturated rings. The van der Waals surface area contributed by atoms with Crippen LogP contribution in [-0.2, 0) is 17.6 Å². The highest BCUT2D eigenvalue weighted by molar-refractivity contribution is 5.78. The number of aryl methyl sites for hydroxylation is 1. The molecule has 110 valence electrons. The molecular weight excluding hydrogens is 248 g/mol. The molecule has 1 amide bonds. The molecule has 3 heteroatoms. The van der Waals surface area contributed by atoms with E-state index in [1.165, 1.54) is 5.56 Å². The van der Waals surface area contributed by atoms with Gasteiger partial charge in [0.1, 0.15) is 0 Å². The minimum atomic E-state index is 0.275. The van der Waals surface area contributed by atoms with Crippen LogP contribution in [0.5, 0.6) is 0 Å². The summed E-state index contributed by atoms with van der Waals surface area (Å²) < 4.78 is 0. The van der Waals surface area contributed by atoms with Crippen LogP contribution in [0.25, 0.3) is 0 Å². The standard InChI is InChI=1S/C17H26N2O/c1-3-14-4-6-15(7-5-14)12-17(20)19-10-8-16(9-11-19)13-18-2/h4-7,16,18H,3,8-13H2,1-2H3. The zero-order valence-corrected chi connectivity index (χ0v) is 12.7. The zero-order valence-electron chi connectivity index (χ0n) is 12.7. The van der Waals surface area contributed by atoms with Crippen LogP contribution in [0, 0.1) is 5.92 Å². The van der Waals surface area contributed by atoms with Gasteiger partial charge in [-0.3, -0.25) is 4.79 Å². The molecule has 20 heavy (non-hydrogen) atoms. The first-order chi connectivity index (χ1) is 9.72. The summed E-state index contributed by atoms with van der Waals surface area (Å²) in [7, 11) is 2.00. The summed E-state index contributed by atoms with van der Waals surface area (Å²) in [5.74, 6) is 1.00. The van der Waals surface area contributed by atoms with Crippen molar-refractivity contribution in [3.8, 4) is 0 Å². The topological polar surface area (TPSA) is 32.3 Å². The van der Waals surface area contributed by atoms with Gasteiger partial charge in [0.2, 0.25) is 5.91 Å². The Morgan fingerprint density at radius 3 is 2.35 bits per heavy atom. The van der Waals surface area contributed by atoms with E-state index in [1.807, 2.05) is 11.9 Å². The number of rotatable bonds is 5. The second-order valence-corrected chi connectivity index (χ2v) is 5.73. The van der Waals surface area contributed by atoms with Crippen molar-refractivity contribution in [1.29, 1.82) is 0 Å². The van der Waals surface area contributed by atoms with Gasteiger partial charge in [-0.25, -0.2) is 0 Å². The predicted octanol–water partition coefficient (Wildman–Crippen LogP) is 2.25. The summed E-state index contributed by atoms with van der Waals surface area (Å²) >= 11 is 0. The predicted molar refractivity (Wildman–Crippen MR) is 82.8 cm³/mol. The molecule has 1 aromatic carbocycles. The first kappa shape index (κ1) is 15.0. The number of amides is 1. The number of likely N-dealkylation sites (tertiary alicyclic amines) is 1. The first-order valence-electron chi connectivity index (χ1n) is 7.73. The Hall–Kier alpha value is -1.35. The van der Waals surface area contributed by atoms with Gasteiger partial charge in [0, 0.05) is 13.1 Å². The van der Waals surface area contributed by atoms with Crippen LogP contribution in [0.3, 0.4) is 0 Å². The Kier molecular flexibility index (Phi) is 5.60. The van der Waals surface area contributed by atoms with Crippen LogP contribution in [-0.4, -0.2) is 37.5 Å². The number of carbonyl (C=O) groups excluding carboxylic acids is 1. The van der Waals surface area contributed by atoms with E-state index in [1.54, 1.807) is 0 Å². The van der Waals surface area contributed by atoms with Crippen molar-refractivity contribution in [3.05, 3.63) is 35.4 Å². The summed E-state index contributed by atoms with van der Waals surface area (Å²) in [6.07, 6.45) is 3.84. The fraction of sp³-hybridized carbons (Fsp3) is 0.588. The number of carbonyl (C=O) groups is 1. The maximum Gasteiger partial charge on any atom is 0.226 e. The van der Waals surface area contributed by atoms with Gasteiger partial charge in [-0.15, -0.1) is 0 Å². The van der Waals surface area contributed by atoms with Crippen LogP contribution < -0.4 is 5.32 Å². The number of benzene rings is 1. The van der Waals surface area contributed by atoms with E-state index in [2.05, 4.69) is 36.5 Å². The van der Waals surface area contributed by atoms with Crippen molar-refractivity contribution in [2.45, 2.75) is 32.6 Å². The smallest absolute Gasteiger partial charge is 0.226 e. The van der Waals surface area contributed by atoms with Gasteiger partial charge in [-0.05, 0) is 49.9 Å². The average molecular weight is 274 g/mol. The molecule has 1 N–H and O–H groups in total. The molecule has 1 aliphatic heterocycles. The maximum atomic E-state index is 12.3. The van der Waals surface area contributed by atoms with Crippen LogP contribution in [0.15, 0.2) is 24.3 Å². The van der Waals surface area contributed by atoms with Gasteiger partial charge in [-0.1, -0.05) is 31.2 Å². The van der Waals surface area contributed by atoms with Crippen LogP contribution in [0.1, 0.15) is 30.9 Å². The molecule has 0 atom stereocenters. The van der Waals surface area contributed by atoms with Gasteiger partial charge in [-0.2, -0.15) is 0 Å². The summed E-state index contributed by atoms with van der Waals surface area (Å²) in [5, 5.41) is 3.23. The fourth-order valence-electron chi connectivity index (χ4n) is 2.85. The molecule has 0 spiro atoms. The molecule has 1 heterocycles. The number of nitrogens with zero attached hydrogens (tertiary/aromatic N) is 1. The lowest BCUT2D eigenvalue weighted by atomic mass is 9.96. The van der Waals surface area contributed by atoms with Crippen molar-refractivity contribution in [2.24, 2.45) is 5.92 Å². The van der Waals surface area contributed by atoms with E-state index in [4.69, 9.17) is 0 Å². The zero-order chi connectivity index (χ0) is 14.4. The van der Waals surface area contributed by atoms with E-state index in [0.717, 1.165) is 50.4 Å². The summed E-state index contributed by atoms with van der Waals surface area (Å²) in [6.45, 7) is 5.05. The van der Waals surface area contributed by atoms with Crippen LogP contribution in [0.2, 0.25) is 0 Å². The van der Waals surface area contributed by atoms with E-state index < -0.39 is 0 Å². The van der Waals surface area contributed by atoms with Gasteiger partial charge in [0.25, 0.3) is 0 Å². The first-order valence-corrected chi connectivity index (χ1v) is 7.73. The lowest BCUT2D eigenvalue weighted by molar-refractivity contribution is -0.131. The van der Waals surface area contributed by atoms with Crippen molar-refractivity contribution < 1.29 is 4.79 Å². The van der Waals surface area contributed by atoms with Gasteiger partial charge < -0.3 is 10.2 Å². The van der Waals surface area contributed by atoms with Gasteiger partial charge >= 0.3 is 0 Å². The second-order valence-electron chi connectivity index (χ2n) is 5.73. The fourth-order valence-corrected chi connectivity index (χ4v) is 2.85. The number of piperidine rings is 1. The molecule has 1 saturated heterocycles. The van der Waals surface area contributed by atoms with E-state index in [9.17, 15) is 4.79 Å². The quantitative estimate of drug-likeness (QED) is 0.893. The highest BCUT2D eigenvalue weighted by atomic mass is 16.2. The van der Waals surface area contributed by atoms with Crippen molar-refractivity contribution in [2.75, 3.05) is 26.7 Å². The molecular formula is C17H26N2O. The molecule has 2 rings (SSSR count). The lowest BCUT2D eigenvalue weighted by Crippen LogP contribution is -2.41. The Morgan fingerprint density at radius 2 is 1.80 bits per heavy atom. The number of hydrogen-bond donors (Lipinski definition) is 1. The highest BCUT2D eigenvalue weighted by Crippen LogP contribution is 2.17. The molecule has 1 aliphatic rings. The van der Waals surface area contributed by atoms with E-state index >= 15 is 0 Å². The molecule has 0 aliphatic carbocycles. The number of hydrogen-bond acceptors (Lipinski definition) is 2. The van der Waals surface area contributed by atoms with Crippen molar-refractivity contribution in [3.63, 3.8) is 0 Å². The lowest BCUT2D eigenvalue weighted by Gasteiger charge is -2.32. The molecule has 1 aromatic rings. The Balaban J connectivity index is 1.83. The van der Waals surface area contributed by atoms with Crippen molar-refractivity contribution in [1.82, 2.24) is 10.2 Å². The monoisotopic (exact) mass is 274 g/mol. The third-order valence-corrected chi connectivity index (χ3v) is 4.25. The van der Waals surface area contributed by atoms with Crippen LogP contribution in [0.4, 0.5) is 0 Å². The van der Waals surface area contributed by atoms with Crippen molar-refractivity contribution >= 4 is 5.91 Å². The maximum absolute atomic E-state index is 12.3. The number of nitrogens with one attached hydrogen (secondary N) is 1. The van der Waals surface area contributed by atoms with Crippen LogP contribution >= 0.6 is 0 Å². The highest BCUT2D eigenvalue weighted by Gasteiger charge is 2.22. The minimum Gasteiger partial charge on any atom is -0.342 e. The third kappa shape index (κ3) is 4.07. The average Bonchev–Trinajstić information content (AvgIpc) is 2.49. The Bertz CT molecular complexity index is 419. The summed E-state index contributed by atoms with van der Waals surface area (Å²) in [5.41, 5.74) is 2.46. The van der Waals surface area contributed by atoms with E-state index in [0.29, 0.717) is 6.42 Å². The summed E-state index contributed by atoms with van der Waals surface area (Å²) in [4.78, 5) is 14.3. The normalized spacial score (nSPS) is 16.4. The largest absolute Gasteiger partial charge is 0.342 e. The molecule has 3 nitrogen and oxygen atoms in total. The SMILES string of the molecule is CCc1ccc(CC(=O)N2CCC(CNC)CC2)cc1. The van der Waals surface area contributed by atoms with E-state index in [-0.39, 0.29) is 5.91 Å². The van der Waals surface area contributed by atoms with Gasteiger partial charge in [0.05, 0.1) is 6.42 Å². The molecule has 0 unspecified atom stereocenters. The third-order valence-electron chi connectivity index (χ3n) is 4.25. The Morgan fingerprint density at radius 1 is 1.20 bits per heavy atom. The minimum absolute atomic E-state index is 0.275. The molecule has 0 aromatic heterocycles. The molecule has 0 radical (unpaired) electrons. The summed E-state index contributed by atoms with van der Waals surface area (Å²) in [6, 6.07) is 8.43. The molecule has 0 saturated carbocycles.